The number of carbonyl (C=O) groups excluding carboxylic acids is 1. The van der Waals surface area contributed by atoms with E-state index >= 15 is 0 Å². The van der Waals surface area contributed by atoms with Crippen LogP contribution in [0, 0.1) is 5.92 Å². The predicted molar refractivity (Wildman–Crippen MR) is 112 cm³/mol. The van der Waals surface area contributed by atoms with Gasteiger partial charge in [-0.3, -0.25) is 9.52 Å². The number of methoxy groups -OCH3 is 1. The van der Waals surface area contributed by atoms with Gasteiger partial charge in [-0.2, -0.15) is 0 Å². The molecular formula is C21H26N2O5S. The van der Waals surface area contributed by atoms with Crippen molar-refractivity contribution in [3.63, 3.8) is 0 Å². The fourth-order valence-corrected chi connectivity index (χ4v) is 4.07. The zero-order valence-corrected chi connectivity index (χ0v) is 17.3. The van der Waals surface area contributed by atoms with Crippen molar-refractivity contribution in [3.05, 3.63) is 59.2 Å². The molecule has 1 aliphatic carbocycles. The number of rotatable bonds is 8. The minimum Gasteiger partial charge on any atom is -0.497 e. The van der Waals surface area contributed by atoms with Crippen LogP contribution in [-0.4, -0.2) is 45.8 Å². The van der Waals surface area contributed by atoms with E-state index in [0.717, 1.165) is 30.2 Å². The van der Waals surface area contributed by atoms with E-state index in [2.05, 4.69) is 10.0 Å². The third kappa shape index (κ3) is 5.56. The van der Waals surface area contributed by atoms with E-state index in [9.17, 15) is 18.3 Å². The average molecular weight is 419 g/mol. The Morgan fingerprint density at radius 2 is 1.93 bits per heavy atom. The van der Waals surface area contributed by atoms with Gasteiger partial charge in [0.2, 0.25) is 10.0 Å². The topological polar surface area (TPSA) is 105 Å². The SMILES string of the molecule is COc1ccc2c(c1)C(=O)C(CNCC(O)c1ccc(NS(C)(=O)=O)cc1)CC2. The van der Waals surface area contributed by atoms with Gasteiger partial charge in [0.25, 0.3) is 0 Å². The average Bonchev–Trinajstić information content (AvgIpc) is 2.68. The molecule has 2 atom stereocenters. The first kappa shape index (κ1) is 21.3. The summed E-state index contributed by atoms with van der Waals surface area (Å²) in [6.07, 6.45) is 1.94. The minimum atomic E-state index is -3.33. The van der Waals surface area contributed by atoms with E-state index in [0.29, 0.717) is 30.1 Å². The lowest BCUT2D eigenvalue weighted by Crippen LogP contribution is -2.34. The number of Topliss-reactive ketones (excluding diaryl/α,β-unsaturated/α-hetero) is 1. The molecule has 0 spiro atoms. The van der Waals surface area contributed by atoms with E-state index in [4.69, 9.17) is 4.74 Å². The molecule has 2 aromatic carbocycles. The predicted octanol–water partition coefficient (Wildman–Crippen LogP) is 2.13. The zero-order valence-electron chi connectivity index (χ0n) is 16.5. The maximum absolute atomic E-state index is 12.8. The number of hydrogen-bond donors (Lipinski definition) is 3. The summed E-state index contributed by atoms with van der Waals surface area (Å²) < 4.78 is 30.1. The molecule has 0 radical (unpaired) electrons. The lowest BCUT2D eigenvalue weighted by molar-refractivity contribution is 0.0894. The molecule has 0 fully saturated rings. The Hall–Kier alpha value is -2.42. The number of fused-ring (bicyclic) bond motifs is 1. The maximum atomic E-state index is 12.8. The summed E-state index contributed by atoms with van der Waals surface area (Å²) in [7, 11) is -1.75. The maximum Gasteiger partial charge on any atom is 0.229 e. The number of aliphatic hydroxyl groups is 1. The number of aryl methyl sites for hydroxylation is 1. The number of benzene rings is 2. The first-order valence-corrected chi connectivity index (χ1v) is 11.3. The molecule has 0 amide bonds. The molecule has 8 heteroatoms. The summed E-state index contributed by atoms with van der Waals surface area (Å²) in [5.74, 6) is 0.640. The number of aliphatic hydroxyl groups excluding tert-OH is 1. The summed E-state index contributed by atoms with van der Waals surface area (Å²) in [6, 6.07) is 12.2. The molecule has 0 bridgehead atoms. The monoisotopic (exact) mass is 418 g/mol. The van der Waals surface area contributed by atoms with Crippen molar-refractivity contribution in [2.45, 2.75) is 18.9 Å². The van der Waals surface area contributed by atoms with Crippen LogP contribution in [0.4, 0.5) is 5.69 Å². The highest BCUT2D eigenvalue weighted by atomic mass is 32.2. The van der Waals surface area contributed by atoms with Gasteiger partial charge in [0.15, 0.2) is 5.78 Å². The van der Waals surface area contributed by atoms with Gasteiger partial charge in [0, 0.05) is 30.3 Å². The number of carbonyl (C=O) groups is 1. The number of ether oxygens (including phenoxy) is 1. The van der Waals surface area contributed by atoms with Crippen LogP contribution in [0.1, 0.15) is 34.0 Å². The van der Waals surface area contributed by atoms with Gasteiger partial charge >= 0.3 is 0 Å². The molecule has 2 aromatic rings. The highest BCUT2D eigenvalue weighted by Gasteiger charge is 2.27. The van der Waals surface area contributed by atoms with Gasteiger partial charge in [0.05, 0.1) is 19.5 Å². The summed E-state index contributed by atoms with van der Waals surface area (Å²) in [5.41, 5.74) is 2.88. The lowest BCUT2D eigenvalue weighted by atomic mass is 9.82. The Morgan fingerprint density at radius 3 is 2.59 bits per heavy atom. The van der Waals surface area contributed by atoms with E-state index in [1.165, 1.54) is 0 Å². The first-order valence-electron chi connectivity index (χ1n) is 9.44. The Kier molecular flexibility index (Phi) is 6.56. The molecule has 0 aliphatic heterocycles. The van der Waals surface area contributed by atoms with Crippen LogP contribution < -0.4 is 14.8 Å². The Balaban J connectivity index is 1.53. The highest BCUT2D eigenvalue weighted by molar-refractivity contribution is 7.92. The van der Waals surface area contributed by atoms with Gasteiger partial charge in [-0.25, -0.2) is 8.42 Å². The minimum absolute atomic E-state index is 0.100. The fraction of sp³-hybridized carbons (Fsp3) is 0.381. The van der Waals surface area contributed by atoms with Crippen LogP contribution in [0.2, 0.25) is 0 Å². The molecule has 7 nitrogen and oxygen atoms in total. The number of ketones is 1. The Morgan fingerprint density at radius 1 is 1.21 bits per heavy atom. The third-order valence-corrected chi connectivity index (χ3v) is 5.65. The van der Waals surface area contributed by atoms with Crippen LogP contribution in [0.5, 0.6) is 5.75 Å². The van der Waals surface area contributed by atoms with Crippen molar-refractivity contribution in [2.24, 2.45) is 5.92 Å². The molecule has 3 rings (SSSR count). The number of anilines is 1. The van der Waals surface area contributed by atoms with Crippen molar-refractivity contribution >= 4 is 21.5 Å². The largest absolute Gasteiger partial charge is 0.497 e. The highest BCUT2D eigenvalue weighted by Crippen LogP contribution is 2.28. The summed E-state index contributed by atoms with van der Waals surface area (Å²) in [4.78, 5) is 12.8. The van der Waals surface area contributed by atoms with Gasteiger partial charge in [-0.05, 0) is 48.2 Å². The normalized spacial score (nSPS) is 17.5. The first-order chi connectivity index (χ1) is 13.8. The smallest absolute Gasteiger partial charge is 0.229 e. The molecule has 29 heavy (non-hydrogen) atoms. The second kappa shape index (κ2) is 8.94. The van der Waals surface area contributed by atoms with Gasteiger partial charge < -0.3 is 15.2 Å². The van der Waals surface area contributed by atoms with Gasteiger partial charge in [-0.1, -0.05) is 18.2 Å². The van der Waals surface area contributed by atoms with Crippen molar-refractivity contribution in [1.29, 1.82) is 0 Å². The van der Waals surface area contributed by atoms with E-state index < -0.39 is 16.1 Å². The van der Waals surface area contributed by atoms with Crippen LogP contribution in [0.3, 0.4) is 0 Å². The van der Waals surface area contributed by atoms with Crippen LogP contribution in [-0.2, 0) is 16.4 Å². The summed E-state index contributed by atoms with van der Waals surface area (Å²) in [6.45, 7) is 0.786. The quantitative estimate of drug-likeness (QED) is 0.607. The standard InChI is InChI=1S/C21H26N2O5S/c1-28-18-10-7-14-3-4-16(21(25)19(14)11-18)12-22-13-20(24)15-5-8-17(9-6-15)23-29(2,26)27/h5-11,16,20,22-24H,3-4,12-13H2,1-2H3. The van der Waals surface area contributed by atoms with Gasteiger partial charge in [-0.15, -0.1) is 0 Å². The second-order valence-corrected chi connectivity index (χ2v) is 9.04. The third-order valence-electron chi connectivity index (χ3n) is 5.04. The lowest BCUT2D eigenvalue weighted by Gasteiger charge is -2.24. The molecular weight excluding hydrogens is 392 g/mol. The van der Waals surface area contributed by atoms with E-state index in [1.54, 1.807) is 37.4 Å². The van der Waals surface area contributed by atoms with Gasteiger partial charge in [0.1, 0.15) is 5.75 Å². The second-order valence-electron chi connectivity index (χ2n) is 7.29. The van der Waals surface area contributed by atoms with E-state index in [-0.39, 0.29) is 11.7 Å². The van der Waals surface area contributed by atoms with Crippen molar-refractivity contribution in [2.75, 3.05) is 31.2 Å². The van der Waals surface area contributed by atoms with Crippen LogP contribution >= 0.6 is 0 Å². The molecule has 156 valence electrons. The molecule has 3 N–H and O–H groups in total. The van der Waals surface area contributed by atoms with Crippen LogP contribution in [0.25, 0.3) is 0 Å². The molecule has 0 aromatic heterocycles. The fourth-order valence-electron chi connectivity index (χ4n) is 3.50. The van der Waals surface area contributed by atoms with Crippen molar-refractivity contribution in [3.8, 4) is 5.75 Å². The zero-order chi connectivity index (χ0) is 21.0. The molecule has 0 saturated heterocycles. The summed E-state index contributed by atoms with van der Waals surface area (Å²) in [5, 5.41) is 13.5. The molecule has 1 aliphatic rings. The van der Waals surface area contributed by atoms with Crippen molar-refractivity contribution in [1.82, 2.24) is 5.32 Å². The molecule has 2 unspecified atom stereocenters. The van der Waals surface area contributed by atoms with E-state index in [1.807, 2.05) is 12.1 Å². The van der Waals surface area contributed by atoms with Crippen molar-refractivity contribution < 1.29 is 23.1 Å². The molecule has 0 heterocycles. The summed E-state index contributed by atoms with van der Waals surface area (Å²) >= 11 is 0. The Bertz CT molecular complexity index is 973. The Labute approximate surface area is 171 Å². The van der Waals surface area contributed by atoms with Crippen LogP contribution in [0.15, 0.2) is 42.5 Å². The number of nitrogens with one attached hydrogen (secondary N) is 2. The number of sulfonamides is 1. The number of hydrogen-bond acceptors (Lipinski definition) is 6. The molecule has 0 saturated carbocycles.